The van der Waals surface area contributed by atoms with Gasteiger partial charge in [-0.3, -0.25) is 0 Å². The van der Waals surface area contributed by atoms with Gasteiger partial charge in [0.15, 0.2) is 0 Å². The average Bonchev–Trinajstić information content (AvgIpc) is 1.95. The van der Waals surface area contributed by atoms with E-state index in [0.29, 0.717) is 5.16 Å². The molecule has 0 aromatic carbocycles. The van der Waals surface area contributed by atoms with Gasteiger partial charge >= 0.3 is 0 Å². The number of aromatic nitrogens is 3. The zero-order valence-electron chi connectivity index (χ0n) is 5.70. The van der Waals surface area contributed by atoms with Crippen molar-refractivity contribution in [2.24, 2.45) is 0 Å². The molecule has 5 heteroatoms. The summed E-state index contributed by atoms with van der Waals surface area (Å²) in [5.41, 5.74) is 1.78. The smallest absolute Gasteiger partial charge is 0.219 e. The zero-order chi connectivity index (χ0) is 7.56. The summed E-state index contributed by atoms with van der Waals surface area (Å²) in [6.45, 7) is 3.78. The maximum atomic E-state index is 4.10. The standard InChI is InChI=1S/C5H7N3S2/c1-3-4(2)7-8-5(6-3)10-9/h9H,1-2H3. The minimum Gasteiger partial charge on any atom is -0.224 e. The minimum atomic E-state index is 0.603. The lowest BCUT2D eigenvalue weighted by atomic mass is 10.4. The Labute approximate surface area is 68.5 Å². The summed E-state index contributed by atoms with van der Waals surface area (Å²) in [5.74, 6) is 0. The van der Waals surface area contributed by atoms with Crippen molar-refractivity contribution in [2.75, 3.05) is 0 Å². The van der Waals surface area contributed by atoms with E-state index in [1.807, 2.05) is 13.8 Å². The van der Waals surface area contributed by atoms with E-state index in [9.17, 15) is 0 Å². The van der Waals surface area contributed by atoms with Crippen LogP contribution in [0.2, 0.25) is 0 Å². The van der Waals surface area contributed by atoms with E-state index < -0.39 is 0 Å². The van der Waals surface area contributed by atoms with E-state index in [-0.39, 0.29) is 0 Å². The molecule has 0 radical (unpaired) electrons. The van der Waals surface area contributed by atoms with Crippen LogP contribution in [0.1, 0.15) is 11.4 Å². The largest absolute Gasteiger partial charge is 0.224 e. The predicted octanol–water partition coefficient (Wildman–Crippen LogP) is 1.43. The number of nitrogens with zero attached hydrogens (tertiary/aromatic N) is 3. The molecule has 0 saturated carbocycles. The molecule has 1 aromatic heterocycles. The van der Waals surface area contributed by atoms with Crippen molar-refractivity contribution < 1.29 is 0 Å². The quantitative estimate of drug-likeness (QED) is 0.515. The van der Waals surface area contributed by atoms with E-state index in [0.717, 1.165) is 11.4 Å². The summed E-state index contributed by atoms with van der Waals surface area (Å²) in [4.78, 5) is 4.10. The Morgan fingerprint density at radius 1 is 1.20 bits per heavy atom. The van der Waals surface area contributed by atoms with Gasteiger partial charge in [0.1, 0.15) is 0 Å². The van der Waals surface area contributed by atoms with Crippen LogP contribution in [0.25, 0.3) is 0 Å². The molecule has 0 saturated heterocycles. The first kappa shape index (κ1) is 7.81. The Balaban J connectivity index is 3.04. The molecule has 1 aromatic rings. The fraction of sp³-hybridized carbons (Fsp3) is 0.400. The summed E-state index contributed by atoms with van der Waals surface area (Å²) in [6, 6.07) is 0. The Morgan fingerprint density at radius 3 is 2.40 bits per heavy atom. The Morgan fingerprint density at radius 2 is 1.90 bits per heavy atom. The molecule has 1 rings (SSSR count). The Bertz CT molecular complexity index is 238. The number of hydrogen-bond acceptors (Lipinski definition) is 5. The molecule has 0 unspecified atom stereocenters. The van der Waals surface area contributed by atoms with Crippen LogP contribution in [-0.4, -0.2) is 15.2 Å². The highest BCUT2D eigenvalue weighted by Gasteiger charge is 1.98. The highest BCUT2D eigenvalue weighted by atomic mass is 33.1. The van der Waals surface area contributed by atoms with Crippen molar-refractivity contribution in [1.82, 2.24) is 15.2 Å². The number of thiol groups is 1. The molecule has 0 amide bonds. The van der Waals surface area contributed by atoms with Gasteiger partial charge in [0.2, 0.25) is 5.16 Å². The maximum absolute atomic E-state index is 4.10. The normalized spacial score (nSPS) is 9.90. The highest BCUT2D eigenvalue weighted by Crippen LogP contribution is 2.15. The van der Waals surface area contributed by atoms with Crippen LogP contribution in [0.5, 0.6) is 0 Å². The minimum absolute atomic E-state index is 0.603. The van der Waals surface area contributed by atoms with Gasteiger partial charge in [0.25, 0.3) is 0 Å². The summed E-state index contributed by atoms with van der Waals surface area (Å²) in [5, 5.41) is 8.25. The van der Waals surface area contributed by atoms with E-state index in [1.165, 1.54) is 10.8 Å². The molecule has 10 heavy (non-hydrogen) atoms. The van der Waals surface area contributed by atoms with E-state index >= 15 is 0 Å². The van der Waals surface area contributed by atoms with Crippen LogP contribution in [0.4, 0.5) is 0 Å². The van der Waals surface area contributed by atoms with Gasteiger partial charge in [-0.2, -0.15) is 5.10 Å². The number of rotatable bonds is 1. The summed E-state index contributed by atoms with van der Waals surface area (Å²) in [7, 11) is 1.20. The van der Waals surface area contributed by atoms with E-state index in [4.69, 9.17) is 0 Å². The monoisotopic (exact) mass is 173 g/mol. The summed E-state index contributed by atoms with van der Waals surface area (Å²) < 4.78 is 0. The molecule has 0 N–H and O–H groups in total. The predicted molar refractivity (Wildman–Crippen MR) is 44.1 cm³/mol. The van der Waals surface area contributed by atoms with Crippen LogP contribution in [0, 0.1) is 13.8 Å². The highest BCUT2D eigenvalue weighted by molar-refractivity contribution is 8.68. The first-order valence-electron chi connectivity index (χ1n) is 2.73. The SMILES string of the molecule is Cc1nnc(SS)nc1C. The molecule has 0 spiro atoms. The molecule has 0 aliphatic rings. The van der Waals surface area contributed by atoms with Crippen molar-refractivity contribution in [1.29, 1.82) is 0 Å². The van der Waals surface area contributed by atoms with Gasteiger partial charge in [-0.1, -0.05) is 0 Å². The van der Waals surface area contributed by atoms with E-state index in [1.54, 1.807) is 0 Å². The molecule has 0 aliphatic carbocycles. The average molecular weight is 173 g/mol. The lowest BCUT2D eigenvalue weighted by Gasteiger charge is -1.96. The molecule has 0 atom stereocenters. The number of aryl methyl sites for hydroxylation is 2. The van der Waals surface area contributed by atoms with Gasteiger partial charge in [-0.15, -0.1) is 16.8 Å². The topological polar surface area (TPSA) is 38.7 Å². The lowest BCUT2D eigenvalue weighted by Crippen LogP contribution is -1.96. The molecule has 54 valence electrons. The lowest BCUT2D eigenvalue weighted by molar-refractivity contribution is 0.792. The van der Waals surface area contributed by atoms with Crippen LogP contribution in [0.3, 0.4) is 0 Å². The molecule has 0 bridgehead atoms. The fourth-order valence-corrected chi connectivity index (χ4v) is 0.963. The van der Waals surface area contributed by atoms with Gasteiger partial charge < -0.3 is 0 Å². The van der Waals surface area contributed by atoms with Crippen molar-refractivity contribution in [2.45, 2.75) is 19.0 Å². The van der Waals surface area contributed by atoms with Crippen LogP contribution < -0.4 is 0 Å². The molecule has 1 heterocycles. The molecular weight excluding hydrogens is 166 g/mol. The van der Waals surface area contributed by atoms with E-state index in [2.05, 4.69) is 26.8 Å². The second kappa shape index (κ2) is 3.21. The first-order chi connectivity index (χ1) is 4.74. The third kappa shape index (κ3) is 1.60. The fourth-order valence-electron chi connectivity index (χ4n) is 0.476. The van der Waals surface area contributed by atoms with Crippen molar-refractivity contribution in [3.8, 4) is 0 Å². The number of hydrogen-bond donors (Lipinski definition) is 1. The summed E-state index contributed by atoms with van der Waals surface area (Å²) >= 11 is 3.94. The molecule has 0 fully saturated rings. The Kier molecular flexibility index (Phi) is 2.50. The van der Waals surface area contributed by atoms with Gasteiger partial charge in [0.05, 0.1) is 11.4 Å². The zero-order valence-corrected chi connectivity index (χ0v) is 7.41. The Hall–Kier alpha value is -0.290. The van der Waals surface area contributed by atoms with Crippen molar-refractivity contribution in [3.63, 3.8) is 0 Å². The summed E-state index contributed by atoms with van der Waals surface area (Å²) in [6.07, 6.45) is 0. The first-order valence-corrected chi connectivity index (χ1v) is 4.60. The van der Waals surface area contributed by atoms with Gasteiger partial charge in [-0.25, -0.2) is 4.98 Å². The molecular formula is C5H7N3S2. The third-order valence-electron chi connectivity index (χ3n) is 1.15. The second-order valence-corrected chi connectivity index (χ2v) is 2.95. The van der Waals surface area contributed by atoms with Crippen LogP contribution in [-0.2, 0) is 0 Å². The van der Waals surface area contributed by atoms with Crippen LogP contribution >= 0.6 is 22.5 Å². The van der Waals surface area contributed by atoms with Crippen LogP contribution in [0.15, 0.2) is 5.16 Å². The maximum Gasteiger partial charge on any atom is 0.219 e. The van der Waals surface area contributed by atoms with Crippen molar-refractivity contribution >= 4 is 22.5 Å². The second-order valence-electron chi connectivity index (χ2n) is 1.86. The van der Waals surface area contributed by atoms with Gasteiger partial charge in [0, 0.05) is 0 Å². The third-order valence-corrected chi connectivity index (χ3v) is 1.98. The molecule has 3 nitrogen and oxygen atoms in total. The van der Waals surface area contributed by atoms with Gasteiger partial charge in [-0.05, 0) is 24.6 Å². The molecule has 0 aliphatic heterocycles. The van der Waals surface area contributed by atoms with Crippen molar-refractivity contribution in [3.05, 3.63) is 11.4 Å².